The first kappa shape index (κ1) is 20.0. The van der Waals surface area contributed by atoms with Crippen LogP contribution in [0.4, 0.5) is 26.3 Å². The molecule has 0 aromatic carbocycles. The molecule has 1 aromatic heterocycles. The molecule has 0 radical (unpaired) electrons. The summed E-state index contributed by atoms with van der Waals surface area (Å²) in [4.78, 5) is 16.3. The molecule has 1 amide bonds. The van der Waals surface area contributed by atoms with Crippen LogP contribution in [0.1, 0.15) is 21.9 Å². The third kappa shape index (κ3) is 3.41. The topological polar surface area (TPSA) is 59.2 Å². The lowest BCUT2D eigenvalue weighted by Crippen LogP contribution is -2.52. The number of rotatable bonds is 2. The molecule has 2 N–H and O–H groups in total. The summed E-state index contributed by atoms with van der Waals surface area (Å²) >= 11 is 1.02. The number of thiazole rings is 1. The standard InChI is InChI=1S/C11H11F6N3OS.ClH/c12-10(13,14)9(11(15,16)17)1-2-20(5-9)8(21)6-4-22-7(3-18)19-6;/h4H,1-3,5,18H2;1H. The van der Waals surface area contributed by atoms with E-state index in [0.29, 0.717) is 9.91 Å². The Bertz CT molecular complexity index is 559. The van der Waals surface area contributed by atoms with Crippen molar-refractivity contribution in [2.45, 2.75) is 25.3 Å². The first-order valence-electron chi connectivity index (χ1n) is 6.09. The molecule has 4 nitrogen and oxygen atoms in total. The van der Waals surface area contributed by atoms with Gasteiger partial charge < -0.3 is 10.6 Å². The predicted octanol–water partition coefficient (Wildman–Crippen LogP) is 2.98. The van der Waals surface area contributed by atoms with Crippen LogP contribution in [0.2, 0.25) is 0 Å². The van der Waals surface area contributed by atoms with Gasteiger partial charge in [0.05, 0.1) is 0 Å². The summed E-state index contributed by atoms with van der Waals surface area (Å²) in [6.07, 6.45) is -12.2. The lowest BCUT2D eigenvalue weighted by molar-refractivity contribution is -0.334. The summed E-state index contributed by atoms with van der Waals surface area (Å²) in [5.41, 5.74) is 1.22. The summed E-state index contributed by atoms with van der Waals surface area (Å²) < 4.78 is 77.5. The van der Waals surface area contributed by atoms with Gasteiger partial charge in [-0.25, -0.2) is 4.98 Å². The summed E-state index contributed by atoms with van der Waals surface area (Å²) in [7, 11) is 0. The van der Waals surface area contributed by atoms with Gasteiger partial charge in [0, 0.05) is 25.0 Å². The number of carbonyl (C=O) groups is 1. The number of nitrogens with zero attached hydrogens (tertiary/aromatic N) is 2. The van der Waals surface area contributed by atoms with E-state index in [0.717, 1.165) is 11.3 Å². The molecule has 0 bridgehead atoms. The van der Waals surface area contributed by atoms with Crippen LogP contribution in [0.25, 0.3) is 0 Å². The van der Waals surface area contributed by atoms with E-state index in [1.165, 1.54) is 5.38 Å². The maximum absolute atomic E-state index is 12.9. The normalized spacial score (nSPS) is 18.0. The molecule has 0 atom stereocenters. The molecular weight excluding hydrogens is 372 g/mol. The highest BCUT2D eigenvalue weighted by Gasteiger charge is 2.72. The van der Waals surface area contributed by atoms with Gasteiger partial charge in [0.2, 0.25) is 0 Å². The number of hydrogen-bond donors (Lipinski definition) is 1. The minimum absolute atomic E-state index is 0. The molecule has 132 valence electrons. The number of aromatic nitrogens is 1. The van der Waals surface area contributed by atoms with Crippen molar-refractivity contribution >= 4 is 29.7 Å². The maximum atomic E-state index is 12.9. The molecule has 2 rings (SSSR count). The minimum Gasteiger partial charge on any atom is -0.336 e. The van der Waals surface area contributed by atoms with Gasteiger partial charge in [0.1, 0.15) is 10.7 Å². The molecule has 0 saturated carbocycles. The van der Waals surface area contributed by atoms with Crippen molar-refractivity contribution in [1.82, 2.24) is 9.88 Å². The average Bonchev–Trinajstić information content (AvgIpc) is 3.04. The molecule has 1 fully saturated rings. The first-order valence-corrected chi connectivity index (χ1v) is 6.97. The fraction of sp³-hybridized carbons (Fsp3) is 0.636. The van der Waals surface area contributed by atoms with Gasteiger partial charge in [-0.3, -0.25) is 4.79 Å². The number of amides is 1. The minimum atomic E-state index is -5.48. The van der Waals surface area contributed by atoms with Crippen LogP contribution in [0.5, 0.6) is 0 Å². The Kier molecular flexibility index (Phi) is 5.59. The fourth-order valence-corrected chi connectivity index (χ4v) is 2.92. The quantitative estimate of drug-likeness (QED) is 0.799. The molecule has 0 aliphatic carbocycles. The van der Waals surface area contributed by atoms with Crippen molar-refractivity contribution in [2.24, 2.45) is 11.1 Å². The zero-order valence-electron chi connectivity index (χ0n) is 11.4. The van der Waals surface area contributed by atoms with E-state index < -0.39 is 43.2 Å². The highest BCUT2D eigenvalue weighted by molar-refractivity contribution is 7.09. The Morgan fingerprint density at radius 1 is 1.30 bits per heavy atom. The second-order valence-electron chi connectivity index (χ2n) is 4.88. The predicted molar refractivity (Wildman–Crippen MR) is 72.3 cm³/mol. The largest absolute Gasteiger partial charge is 0.404 e. The molecule has 1 aromatic rings. The Morgan fingerprint density at radius 2 is 1.87 bits per heavy atom. The van der Waals surface area contributed by atoms with Crippen LogP contribution in [0, 0.1) is 5.41 Å². The highest BCUT2D eigenvalue weighted by atomic mass is 35.5. The lowest BCUT2D eigenvalue weighted by atomic mass is 9.85. The van der Waals surface area contributed by atoms with Crippen molar-refractivity contribution in [3.8, 4) is 0 Å². The summed E-state index contributed by atoms with van der Waals surface area (Å²) in [5, 5.41) is 1.64. The van der Waals surface area contributed by atoms with Gasteiger partial charge in [0.25, 0.3) is 5.91 Å². The third-order valence-electron chi connectivity index (χ3n) is 3.59. The Labute approximate surface area is 137 Å². The van der Waals surface area contributed by atoms with Crippen molar-refractivity contribution in [1.29, 1.82) is 0 Å². The summed E-state index contributed by atoms with van der Waals surface area (Å²) in [6.45, 7) is -2.05. The third-order valence-corrected chi connectivity index (χ3v) is 4.46. The smallest absolute Gasteiger partial charge is 0.336 e. The molecule has 0 unspecified atom stereocenters. The molecule has 0 spiro atoms. The first-order chi connectivity index (χ1) is 10.0. The van der Waals surface area contributed by atoms with Crippen molar-refractivity contribution < 1.29 is 31.1 Å². The zero-order chi connectivity index (χ0) is 16.8. The number of nitrogens with two attached hydrogens (primary N) is 1. The van der Waals surface area contributed by atoms with Crippen LogP contribution in [0.15, 0.2) is 5.38 Å². The molecule has 1 aliphatic rings. The van der Waals surface area contributed by atoms with E-state index in [9.17, 15) is 31.1 Å². The van der Waals surface area contributed by atoms with Gasteiger partial charge >= 0.3 is 12.4 Å². The lowest BCUT2D eigenvalue weighted by Gasteiger charge is -2.33. The fourth-order valence-electron chi connectivity index (χ4n) is 2.27. The highest BCUT2D eigenvalue weighted by Crippen LogP contribution is 2.55. The molecule has 1 saturated heterocycles. The van der Waals surface area contributed by atoms with E-state index in [-0.39, 0.29) is 24.6 Å². The van der Waals surface area contributed by atoms with Crippen LogP contribution in [0.3, 0.4) is 0 Å². The van der Waals surface area contributed by atoms with Gasteiger partial charge in [-0.2, -0.15) is 26.3 Å². The van der Waals surface area contributed by atoms with E-state index in [1.54, 1.807) is 0 Å². The number of alkyl halides is 6. The number of hydrogen-bond acceptors (Lipinski definition) is 4. The van der Waals surface area contributed by atoms with Gasteiger partial charge in [0.15, 0.2) is 5.41 Å². The summed E-state index contributed by atoms with van der Waals surface area (Å²) in [5.74, 6) is -0.952. The van der Waals surface area contributed by atoms with Crippen LogP contribution in [-0.2, 0) is 6.54 Å². The van der Waals surface area contributed by atoms with Gasteiger partial charge in [-0.05, 0) is 6.42 Å². The van der Waals surface area contributed by atoms with Crippen molar-refractivity contribution in [3.05, 3.63) is 16.1 Å². The van der Waals surface area contributed by atoms with Crippen LogP contribution >= 0.6 is 23.7 Å². The van der Waals surface area contributed by atoms with E-state index in [2.05, 4.69) is 4.98 Å². The van der Waals surface area contributed by atoms with Crippen molar-refractivity contribution in [2.75, 3.05) is 13.1 Å². The van der Waals surface area contributed by atoms with E-state index in [1.807, 2.05) is 0 Å². The SMILES string of the molecule is Cl.NCc1nc(C(=O)N2CCC(C(F)(F)F)(C(F)(F)F)C2)cs1. The molecule has 1 aliphatic heterocycles. The Morgan fingerprint density at radius 3 is 2.26 bits per heavy atom. The maximum Gasteiger partial charge on any atom is 0.404 e. The molecule has 23 heavy (non-hydrogen) atoms. The molecule has 2 heterocycles. The Balaban J connectivity index is 0.00000264. The number of carbonyl (C=O) groups excluding carboxylic acids is 1. The molecular formula is C11H12ClF6N3OS. The van der Waals surface area contributed by atoms with E-state index >= 15 is 0 Å². The molecule has 12 heteroatoms. The number of likely N-dealkylation sites (tertiary alicyclic amines) is 1. The second-order valence-corrected chi connectivity index (χ2v) is 5.83. The van der Waals surface area contributed by atoms with Crippen LogP contribution in [-0.4, -0.2) is 41.2 Å². The van der Waals surface area contributed by atoms with Gasteiger partial charge in [-0.15, -0.1) is 23.7 Å². The van der Waals surface area contributed by atoms with Crippen molar-refractivity contribution in [3.63, 3.8) is 0 Å². The van der Waals surface area contributed by atoms with Gasteiger partial charge in [-0.1, -0.05) is 0 Å². The Hall–Kier alpha value is -1.07. The monoisotopic (exact) mass is 383 g/mol. The van der Waals surface area contributed by atoms with E-state index in [4.69, 9.17) is 5.73 Å². The number of halogens is 7. The second kappa shape index (κ2) is 6.44. The summed E-state index contributed by atoms with van der Waals surface area (Å²) in [6, 6.07) is 0. The van der Waals surface area contributed by atoms with Crippen LogP contribution < -0.4 is 5.73 Å². The zero-order valence-corrected chi connectivity index (χ0v) is 13.0. The average molecular weight is 384 g/mol.